The van der Waals surface area contributed by atoms with Crippen molar-refractivity contribution in [2.75, 3.05) is 0 Å². The summed E-state index contributed by atoms with van der Waals surface area (Å²) in [6.07, 6.45) is 4.60. The Hall–Kier alpha value is -1.65. The molecule has 3 rings (SSSR count). The smallest absolute Gasteiger partial charge is 0.0645 e. The number of hydrogen-bond acceptors (Lipinski definition) is 3. The van der Waals surface area contributed by atoms with Crippen LogP contribution in [0.4, 0.5) is 0 Å². The molecule has 4 heteroatoms. The van der Waals surface area contributed by atoms with E-state index in [4.69, 9.17) is 0 Å². The molecule has 2 aromatic rings. The summed E-state index contributed by atoms with van der Waals surface area (Å²) in [5.74, 6) is 0. The lowest BCUT2D eigenvalue weighted by molar-refractivity contribution is -0.0754. The van der Waals surface area contributed by atoms with Gasteiger partial charge in [0.25, 0.3) is 0 Å². The Balaban J connectivity index is 1.69. The fraction of sp³-hybridized carbons (Fsp3) is 0.471. The molecule has 1 aromatic heterocycles. The summed E-state index contributed by atoms with van der Waals surface area (Å²) in [6.45, 7) is 6.37. The van der Waals surface area contributed by atoms with Gasteiger partial charge in [-0.1, -0.05) is 32.0 Å². The lowest BCUT2D eigenvalue weighted by Crippen LogP contribution is -2.60. The summed E-state index contributed by atoms with van der Waals surface area (Å²) < 4.78 is 1.90. The first kappa shape index (κ1) is 14.3. The highest BCUT2D eigenvalue weighted by Crippen LogP contribution is 2.41. The monoisotopic (exact) mass is 285 g/mol. The SMILES string of the molecule is CC(NC1CC(O)C1(C)C)c1cnn(-c2ccccc2)c1. The Morgan fingerprint density at radius 3 is 2.67 bits per heavy atom. The van der Waals surface area contributed by atoms with Gasteiger partial charge in [-0.3, -0.25) is 0 Å². The van der Waals surface area contributed by atoms with E-state index in [1.807, 2.05) is 41.2 Å². The van der Waals surface area contributed by atoms with Crippen LogP contribution in [0.25, 0.3) is 5.69 Å². The lowest BCUT2D eigenvalue weighted by Gasteiger charge is -2.50. The molecule has 1 aliphatic carbocycles. The number of nitrogens with zero attached hydrogens (tertiary/aromatic N) is 2. The minimum atomic E-state index is -0.200. The second-order valence-corrected chi connectivity index (χ2v) is 6.57. The van der Waals surface area contributed by atoms with Crippen molar-refractivity contribution < 1.29 is 5.11 Å². The van der Waals surface area contributed by atoms with Gasteiger partial charge in [-0.05, 0) is 25.5 Å². The number of rotatable bonds is 4. The van der Waals surface area contributed by atoms with Gasteiger partial charge in [0, 0.05) is 29.3 Å². The molecule has 1 aliphatic rings. The van der Waals surface area contributed by atoms with Gasteiger partial charge in [-0.2, -0.15) is 5.10 Å². The third kappa shape index (κ3) is 2.61. The van der Waals surface area contributed by atoms with Gasteiger partial charge in [0.2, 0.25) is 0 Å². The zero-order chi connectivity index (χ0) is 15.0. The van der Waals surface area contributed by atoms with Gasteiger partial charge in [-0.15, -0.1) is 0 Å². The second kappa shape index (κ2) is 5.28. The van der Waals surface area contributed by atoms with Crippen LogP contribution < -0.4 is 5.32 Å². The van der Waals surface area contributed by atoms with Crippen LogP contribution in [0.2, 0.25) is 0 Å². The molecule has 4 nitrogen and oxygen atoms in total. The number of benzene rings is 1. The molecule has 1 aromatic carbocycles. The Bertz CT molecular complexity index is 606. The number of para-hydroxylation sites is 1. The number of nitrogens with one attached hydrogen (secondary N) is 1. The first-order valence-electron chi connectivity index (χ1n) is 7.52. The number of aliphatic hydroxyl groups is 1. The van der Waals surface area contributed by atoms with Crippen LogP contribution in [0, 0.1) is 5.41 Å². The van der Waals surface area contributed by atoms with Gasteiger partial charge in [0.05, 0.1) is 18.0 Å². The molecule has 0 aliphatic heterocycles. The highest BCUT2D eigenvalue weighted by molar-refractivity contribution is 5.31. The van der Waals surface area contributed by atoms with E-state index in [0.29, 0.717) is 6.04 Å². The van der Waals surface area contributed by atoms with Crippen molar-refractivity contribution in [2.45, 2.75) is 45.4 Å². The van der Waals surface area contributed by atoms with Gasteiger partial charge < -0.3 is 10.4 Å². The maximum absolute atomic E-state index is 9.83. The molecule has 0 saturated heterocycles. The maximum Gasteiger partial charge on any atom is 0.0645 e. The van der Waals surface area contributed by atoms with Gasteiger partial charge in [0.15, 0.2) is 0 Å². The second-order valence-electron chi connectivity index (χ2n) is 6.57. The van der Waals surface area contributed by atoms with Crippen LogP contribution in [0.15, 0.2) is 42.7 Å². The largest absolute Gasteiger partial charge is 0.392 e. The Morgan fingerprint density at radius 1 is 1.33 bits per heavy atom. The van der Waals surface area contributed by atoms with Gasteiger partial charge in [-0.25, -0.2) is 4.68 Å². The van der Waals surface area contributed by atoms with E-state index in [-0.39, 0.29) is 17.6 Å². The molecule has 0 spiro atoms. The molecule has 2 N–H and O–H groups in total. The van der Waals surface area contributed by atoms with E-state index in [9.17, 15) is 5.11 Å². The molecule has 0 radical (unpaired) electrons. The Kier molecular flexibility index (Phi) is 3.59. The third-order valence-corrected chi connectivity index (χ3v) is 4.79. The minimum absolute atomic E-state index is 0.0519. The zero-order valence-electron chi connectivity index (χ0n) is 12.8. The molecule has 1 saturated carbocycles. The van der Waals surface area contributed by atoms with E-state index < -0.39 is 0 Å². The predicted molar refractivity (Wildman–Crippen MR) is 83.3 cm³/mol. The summed E-state index contributed by atoms with van der Waals surface area (Å²) in [7, 11) is 0. The molecule has 3 unspecified atom stereocenters. The van der Waals surface area contributed by atoms with Crippen molar-refractivity contribution >= 4 is 0 Å². The van der Waals surface area contributed by atoms with Crippen molar-refractivity contribution in [2.24, 2.45) is 5.41 Å². The normalized spacial score (nSPS) is 25.3. The average Bonchev–Trinajstić information content (AvgIpc) is 2.98. The molecule has 1 fully saturated rings. The molecule has 112 valence electrons. The fourth-order valence-corrected chi connectivity index (χ4v) is 2.87. The van der Waals surface area contributed by atoms with Gasteiger partial charge >= 0.3 is 0 Å². The first-order chi connectivity index (χ1) is 9.98. The summed E-state index contributed by atoms with van der Waals surface area (Å²) >= 11 is 0. The maximum atomic E-state index is 9.83. The molecule has 21 heavy (non-hydrogen) atoms. The molecule has 1 heterocycles. The summed E-state index contributed by atoms with van der Waals surface area (Å²) in [4.78, 5) is 0. The average molecular weight is 285 g/mol. The standard InChI is InChI=1S/C17H23N3O/c1-12(19-15-9-16(21)17(15,2)3)13-10-18-20(11-13)14-7-5-4-6-8-14/h4-8,10-12,15-16,19,21H,9H2,1-3H3. The predicted octanol–water partition coefficient (Wildman–Crippen LogP) is 2.68. The number of aliphatic hydroxyl groups excluding tert-OH is 1. The fourth-order valence-electron chi connectivity index (χ4n) is 2.87. The summed E-state index contributed by atoms with van der Waals surface area (Å²) in [5, 5.41) is 17.9. The highest BCUT2D eigenvalue weighted by atomic mass is 16.3. The van der Waals surface area contributed by atoms with E-state index in [1.54, 1.807) is 0 Å². The molecule has 0 amide bonds. The molecule has 0 bridgehead atoms. The molecule has 3 atom stereocenters. The van der Waals surface area contributed by atoms with Crippen LogP contribution in [-0.4, -0.2) is 27.0 Å². The molecular weight excluding hydrogens is 262 g/mol. The van der Waals surface area contributed by atoms with Crippen LogP contribution in [0.1, 0.15) is 38.8 Å². The van der Waals surface area contributed by atoms with Crippen LogP contribution >= 0.6 is 0 Å². The highest BCUT2D eigenvalue weighted by Gasteiger charge is 2.47. The van der Waals surface area contributed by atoms with Crippen molar-refractivity contribution in [3.63, 3.8) is 0 Å². The summed E-state index contributed by atoms with van der Waals surface area (Å²) in [5.41, 5.74) is 2.18. The quantitative estimate of drug-likeness (QED) is 0.908. The number of aromatic nitrogens is 2. The Labute approximate surface area is 125 Å². The van der Waals surface area contributed by atoms with Crippen LogP contribution in [-0.2, 0) is 0 Å². The summed E-state index contributed by atoms with van der Waals surface area (Å²) in [6, 6.07) is 10.7. The van der Waals surface area contributed by atoms with Crippen molar-refractivity contribution in [1.82, 2.24) is 15.1 Å². The van der Waals surface area contributed by atoms with E-state index in [2.05, 4.69) is 37.4 Å². The van der Waals surface area contributed by atoms with Crippen molar-refractivity contribution in [1.29, 1.82) is 0 Å². The van der Waals surface area contributed by atoms with Gasteiger partial charge in [0.1, 0.15) is 0 Å². The van der Waals surface area contributed by atoms with Crippen molar-refractivity contribution in [3.05, 3.63) is 48.3 Å². The van der Waals surface area contributed by atoms with Crippen molar-refractivity contribution in [3.8, 4) is 5.69 Å². The van der Waals surface area contributed by atoms with Crippen LogP contribution in [0.3, 0.4) is 0 Å². The van der Waals surface area contributed by atoms with E-state index >= 15 is 0 Å². The minimum Gasteiger partial charge on any atom is -0.392 e. The molecular formula is C17H23N3O. The van der Waals surface area contributed by atoms with Crippen LogP contribution in [0.5, 0.6) is 0 Å². The zero-order valence-corrected chi connectivity index (χ0v) is 12.8. The lowest BCUT2D eigenvalue weighted by atomic mass is 9.64. The first-order valence-corrected chi connectivity index (χ1v) is 7.52. The Morgan fingerprint density at radius 2 is 2.05 bits per heavy atom. The topological polar surface area (TPSA) is 50.1 Å². The number of hydrogen-bond donors (Lipinski definition) is 2. The van der Waals surface area contributed by atoms with E-state index in [0.717, 1.165) is 17.7 Å². The third-order valence-electron chi connectivity index (χ3n) is 4.79. The van der Waals surface area contributed by atoms with E-state index in [1.165, 1.54) is 0 Å².